The van der Waals surface area contributed by atoms with Crippen LogP contribution in [-0.2, 0) is 0 Å². The fourth-order valence-electron chi connectivity index (χ4n) is 3.91. The second-order valence-electron chi connectivity index (χ2n) is 6.11. The number of halogens is 2. The van der Waals surface area contributed by atoms with E-state index in [1.807, 2.05) is 0 Å². The Bertz CT molecular complexity index is 822. The van der Waals surface area contributed by atoms with E-state index in [2.05, 4.69) is 10.3 Å². The van der Waals surface area contributed by atoms with Gasteiger partial charge in [0, 0.05) is 6.07 Å². The van der Waals surface area contributed by atoms with Crippen LogP contribution in [0.3, 0.4) is 0 Å². The number of nitrogens with one attached hydrogen (secondary N) is 1. The molecule has 0 saturated heterocycles. The van der Waals surface area contributed by atoms with Gasteiger partial charge < -0.3 is 10.4 Å². The molecule has 0 spiro atoms. The number of fused-ring (bicyclic) bond motifs is 5. The minimum Gasteiger partial charge on any atom is -0.477 e. The second-order valence-corrected chi connectivity index (χ2v) is 6.11. The van der Waals surface area contributed by atoms with Crippen molar-refractivity contribution in [1.29, 1.82) is 0 Å². The number of nitrogens with zero attached hydrogens (tertiary/aromatic N) is 1. The van der Waals surface area contributed by atoms with E-state index in [9.17, 15) is 18.7 Å². The van der Waals surface area contributed by atoms with Crippen molar-refractivity contribution in [2.75, 3.05) is 5.32 Å². The molecule has 6 heteroatoms. The number of hydrogen-bond acceptors (Lipinski definition) is 3. The fraction of sp³-hybridized carbons (Fsp3) is 0.294. The van der Waals surface area contributed by atoms with Crippen LogP contribution in [0.1, 0.15) is 52.7 Å². The molecule has 118 valence electrons. The Morgan fingerprint density at radius 2 is 1.91 bits per heavy atom. The summed E-state index contributed by atoms with van der Waals surface area (Å²) in [7, 11) is 0. The third-order valence-electron chi connectivity index (χ3n) is 4.81. The molecule has 2 N–H and O–H groups in total. The molecular formula is C17H14F2N2O2. The number of aromatic carboxylic acids is 1. The first-order chi connectivity index (χ1) is 11.0. The van der Waals surface area contributed by atoms with E-state index in [0.29, 0.717) is 5.69 Å². The number of carboxylic acid groups (broad SMARTS) is 1. The predicted octanol–water partition coefficient (Wildman–Crippen LogP) is 4.17. The van der Waals surface area contributed by atoms with E-state index in [-0.39, 0.29) is 23.2 Å². The maximum atomic E-state index is 13.9. The van der Waals surface area contributed by atoms with E-state index >= 15 is 0 Å². The van der Waals surface area contributed by atoms with E-state index in [0.717, 1.165) is 36.5 Å². The van der Waals surface area contributed by atoms with Crippen LogP contribution in [0.4, 0.5) is 20.2 Å². The first kappa shape index (κ1) is 14.1. The van der Waals surface area contributed by atoms with Crippen LogP contribution >= 0.6 is 0 Å². The minimum absolute atomic E-state index is 0.0947. The lowest BCUT2D eigenvalue weighted by Crippen LogP contribution is -2.12. The lowest BCUT2D eigenvalue weighted by atomic mass is 9.89. The summed E-state index contributed by atoms with van der Waals surface area (Å²) >= 11 is 0. The smallest absolute Gasteiger partial charge is 0.354 e. The molecule has 1 saturated carbocycles. The van der Waals surface area contributed by atoms with Gasteiger partial charge in [0.1, 0.15) is 11.6 Å². The maximum Gasteiger partial charge on any atom is 0.354 e. The summed E-state index contributed by atoms with van der Waals surface area (Å²) in [6, 6.07) is 3.32. The van der Waals surface area contributed by atoms with E-state index in [4.69, 9.17) is 0 Å². The number of carbonyl (C=O) groups is 1. The Labute approximate surface area is 131 Å². The molecule has 2 aliphatic rings. The summed E-state index contributed by atoms with van der Waals surface area (Å²) in [5, 5.41) is 12.3. The third-order valence-corrected chi connectivity index (χ3v) is 4.81. The molecule has 1 heterocycles. The average Bonchev–Trinajstić information content (AvgIpc) is 3.12. The monoisotopic (exact) mass is 316 g/mol. The Morgan fingerprint density at radius 1 is 1.17 bits per heavy atom. The number of pyridine rings is 1. The van der Waals surface area contributed by atoms with Crippen molar-refractivity contribution in [3.05, 3.63) is 52.9 Å². The van der Waals surface area contributed by atoms with Crippen LogP contribution in [0.5, 0.6) is 0 Å². The lowest BCUT2D eigenvalue weighted by Gasteiger charge is -2.21. The summed E-state index contributed by atoms with van der Waals surface area (Å²) in [5.74, 6) is -1.87. The van der Waals surface area contributed by atoms with Gasteiger partial charge in [0.05, 0.1) is 17.6 Å². The van der Waals surface area contributed by atoms with Crippen LogP contribution in [0.15, 0.2) is 24.4 Å². The topological polar surface area (TPSA) is 62.2 Å². The van der Waals surface area contributed by atoms with E-state index in [1.165, 1.54) is 18.3 Å². The zero-order valence-corrected chi connectivity index (χ0v) is 12.1. The highest BCUT2D eigenvalue weighted by atomic mass is 19.1. The molecule has 23 heavy (non-hydrogen) atoms. The zero-order chi connectivity index (χ0) is 16.1. The highest BCUT2D eigenvalue weighted by Gasteiger charge is 2.42. The second kappa shape index (κ2) is 5.01. The van der Waals surface area contributed by atoms with Crippen LogP contribution in [0, 0.1) is 11.6 Å². The Kier molecular flexibility index (Phi) is 3.07. The van der Waals surface area contributed by atoms with Crippen LogP contribution < -0.4 is 5.32 Å². The number of aromatic nitrogens is 1. The van der Waals surface area contributed by atoms with Gasteiger partial charge >= 0.3 is 5.97 Å². The Hall–Kier alpha value is -2.50. The quantitative estimate of drug-likeness (QED) is 0.892. The molecule has 1 fully saturated rings. The number of carboxylic acids is 1. The van der Waals surface area contributed by atoms with Crippen molar-refractivity contribution in [2.24, 2.45) is 0 Å². The number of hydrogen-bond donors (Lipinski definition) is 2. The van der Waals surface area contributed by atoms with Crippen molar-refractivity contribution in [3.63, 3.8) is 0 Å². The fourth-order valence-corrected chi connectivity index (χ4v) is 3.91. The van der Waals surface area contributed by atoms with Crippen molar-refractivity contribution < 1.29 is 18.7 Å². The third kappa shape index (κ3) is 2.17. The summed E-state index contributed by atoms with van der Waals surface area (Å²) < 4.78 is 26.9. The molecule has 2 aromatic rings. The standard InChI is InChI=1S/C17H14F2N2O2/c18-10-3-4-12(11(19)6-10)21-13-7-20-16(17(22)23)15-9-2-1-8(5-9)14(13)15/h3-4,6-9,21H,1-2,5H2,(H,22,23). The highest BCUT2D eigenvalue weighted by molar-refractivity contribution is 5.89. The molecule has 1 aromatic carbocycles. The molecule has 2 unspecified atom stereocenters. The van der Waals surface area contributed by atoms with Gasteiger partial charge in [-0.1, -0.05) is 0 Å². The van der Waals surface area contributed by atoms with Gasteiger partial charge in [-0.25, -0.2) is 18.6 Å². The number of rotatable bonds is 3. The molecule has 4 rings (SSSR count). The van der Waals surface area contributed by atoms with Gasteiger partial charge in [0.2, 0.25) is 0 Å². The molecule has 4 nitrogen and oxygen atoms in total. The molecule has 2 aliphatic carbocycles. The van der Waals surface area contributed by atoms with Gasteiger partial charge in [0.15, 0.2) is 5.69 Å². The summed E-state index contributed by atoms with van der Waals surface area (Å²) in [4.78, 5) is 15.5. The number of anilines is 2. The van der Waals surface area contributed by atoms with E-state index in [1.54, 1.807) is 0 Å². The predicted molar refractivity (Wildman–Crippen MR) is 80.2 cm³/mol. The largest absolute Gasteiger partial charge is 0.477 e. The number of benzene rings is 1. The molecule has 2 atom stereocenters. The first-order valence-electron chi connectivity index (χ1n) is 7.52. The Balaban J connectivity index is 1.80. The van der Waals surface area contributed by atoms with Crippen LogP contribution in [0.25, 0.3) is 0 Å². The van der Waals surface area contributed by atoms with Gasteiger partial charge in [-0.15, -0.1) is 0 Å². The van der Waals surface area contributed by atoms with Crippen molar-refractivity contribution in [3.8, 4) is 0 Å². The maximum absolute atomic E-state index is 13.9. The van der Waals surface area contributed by atoms with Gasteiger partial charge in [-0.2, -0.15) is 0 Å². The average molecular weight is 316 g/mol. The SMILES string of the molecule is O=C(O)c1ncc(Nc2ccc(F)cc2F)c2c1C1CCC2C1. The molecule has 1 aromatic heterocycles. The normalized spacial score (nSPS) is 21.3. The zero-order valence-electron chi connectivity index (χ0n) is 12.1. The van der Waals surface area contributed by atoms with E-state index < -0.39 is 17.6 Å². The van der Waals surface area contributed by atoms with Crippen LogP contribution in [0.2, 0.25) is 0 Å². The molecule has 0 aliphatic heterocycles. The highest BCUT2D eigenvalue weighted by Crippen LogP contribution is 2.56. The molecule has 0 radical (unpaired) electrons. The summed E-state index contributed by atoms with van der Waals surface area (Å²) in [5.41, 5.74) is 2.57. The Morgan fingerprint density at radius 3 is 2.61 bits per heavy atom. The minimum atomic E-state index is -1.03. The first-order valence-corrected chi connectivity index (χ1v) is 7.52. The van der Waals surface area contributed by atoms with Gasteiger partial charge in [0.25, 0.3) is 0 Å². The van der Waals surface area contributed by atoms with Crippen molar-refractivity contribution in [2.45, 2.75) is 31.1 Å². The van der Waals surface area contributed by atoms with Gasteiger partial charge in [-0.05, 0) is 54.4 Å². The summed E-state index contributed by atoms with van der Waals surface area (Å²) in [6.45, 7) is 0. The summed E-state index contributed by atoms with van der Waals surface area (Å²) in [6.07, 6.45) is 4.32. The lowest BCUT2D eigenvalue weighted by molar-refractivity contribution is 0.0688. The molecular weight excluding hydrogens is 302 g/mol. The molecule has 0 amide bonds. The van der Waals surface area contributed by atoms with Crippen molar-refractivity contribution in [1.82, 2.24) is 4.98 Å². The van der Waals surface area contributed by atoms with Crippen LogP contribution in [-0.4, -0.2) is 16.1 Å². The van der Waals surface area contributed by atoms with Crippen molar-refractivity contribution >= 4 is 17.3 Å². The molecule has 2 bridgehead atoms. The van der Waals surface area contributed by atoms with Gasteiger partial charge in [-0.3, -0.25) is 0 Å².